The van der Waals surface area contributed by atoms with Crippen molar-refractivity contribution in [2.24, 2.45) is 0 Å². The number of aryl methyl sites for hydroxylation is 1. The third kappa shape index (κ3) is 3.29. The lowest BCUT2D eigenvalue weighted by atomic mass is 10.2. The smallest absolute Gasteiger partial charge is 0.111 e. The van der Waals surface area contributed by atoms with E-state index in [1.807, 2.05) is 17.8 Å². The number of fused-ring (bicyclic) bond motifs is 1. The molecule has 0 saturated heterocycles. The molecule has 2 aromatic rings. The third-order valence-corrected chi connectivity index (χ3v) is 4.64. The fourth-order valence-electron chi connectivity index (χ4n) is 2.35. The van der Waals surface area contributed by atoms with Crippen LogP contribution in [0.4, 0.5) is 0 Å². The van der Waals surface area contributed by atoms with E-state index in [1.54, 1.807) is 0 Å². The molecule has 0 amide bonds. The topological polar surface area (TPSA) is 17.8 Å². The van der Waals surface area contributed by atoms with E-state index in [0.717, 1.165) is 34.4 Å². The molecule has 5 heteroatoms. The molecular formula is C14H18BrClN2S. The number of alkyl halides is 1. The monoisotopic (exact) mass is 360 g/mol. The Kier molecular flexibility index (Phi) is 5.60. The maximum atomic E-state index is 5.92. The Balaban J connectivity index is 2.58. The van der Waals surface area contributed by atoms with Crippen LogP contribution in [-0.2, 0) is 6.42 Å². The first-order valence-electron chi connectivity index (χ1n) is 6.42. The average molecular weight is 362 g/mol. The lowest BCUT2D eigenvalue weighted by molar-refractivity contribution is 0.533. The van der Waals surface area contributed by atoms with Crippen LogP contribution in [0.15, 0.2) is 22.7 Å². The van der Waals surface area contributed by atoms with Crippen molar-refractivity contribution in [1.29, 1.82) is 0 Å². The molecule has 1 heterocycles. The highest BCUT2D eigenvalue weighted by molar-refractivity contribution is 9.10. The molecule has 0 aliphatic rings. The second-order valence-electron chi connectivity index (χ2n) is 4.49. The number of halogens is 2. The summed E-state index contributed by atoms with van der Waals surface area (Å²) < 4.78 is 3.47. The van der Waals surface area contributed by atoms with Crippen molar-refractivity contribution in [2.45, 2.75) is 25.8 Å². The first-order valence-corrected chi connectivity index (χ1v) is 9.14. The lowest BCUT2D eigenvalue weighted by Gasteiger charge is -2.19. The summed E-state index contributed by atoms with van der Waals surface area (Å²) in [6, 6.07) is 6.75. The third-order valence-electron chi connectivity index (χ3n) is 3.24. The van der Waals surface area contributed by atoms with Crippen molar-refractivity contribution in [3.63, 3.8) is 0 Å². The molecule has 0 aliphatic carbocycles. The fourth-order valence-corrected chi connectivity index (χ4v) is 3.64. The van der Waals surface area contributed by atoms with Crippen LogP contribution in [0.1, 0.15) is 25.2 Å². The first kappa shape index (κ1) is 15.2. The SMILES string of the molecule is CCC(CSC)n1c(CCCl)nc2ccc(Br)cc21. The Morgan fingerprint density at radius 1 is 1.47 bits per heavy atom. The Hall–Kier alpha value is -0.190. The van der Waals surface area contributed by atoms with E-state index in [0.29, 0.717) is 11.9 Å². The molecule has 0 saturated carbocycles. The Labute approximate surface area is 132 Å². The summed E-state index contributed by atoms with van der Waals surface area (Å²) in [5.74, 6) is 2.81. The van der Waals surface area contributed by atoms with E-state index in [9.17, 15) is 0 Å². The highest BCUT2D eigenvalue weighted by Gasteiger charge is 2.17. The number of thioether (sulfide) groups is 1. The molecule has 104 valence electrons. The van der Waals surface area contributed by atoms with Crippen molar-refractivity contribution in [2.75, 3.05) is 17.9 Å². The fraction of sp³-hybridized carbons (Fsp3) is 0.500. The minimum absolute atomic E-state index is 0.479. The quantitative estimate of drug-likeness (QED) is 0.681. The molecule has 19 heavy (non-hydrogen) atoms. The predicted molar refractivity (Wildman–Crippen MR) is 89.6 cm³/mol. The maximum absolute atomic E-state index is 5.92. The second kappa shape index (κ2) is 7.00. The molecule has 0 radical (unpaired) electrons. The second-order valence-corrected chi connectivity index (χ2v) is 6.69. The van der Waals surface area contributed by atoms with E-state index in [1.165, 1.54) is 5.52 Å². The summed E-state index contributed by atoms with van der Waals surface area (Å²) in [7, 11) is 0. The van der Waals surface area contributed by atoms with Gasteiger partial charge in [-0.05, 0) is 30.9 Å². The lowest BCUT2D eigenvalue weighted by Crippen LogP contribution is -2.14. The molecule has 0 bridgehead atoms. The number of hydrogen-bond donors (Lipinski definition) is 0. The largest absolute Gasteiger partial charge is 0.324 e. The first-order chi connectivity index (χ1) is 9.21. The van der Waals surface area contributed by atoms with Crippen LogP contribution in [0.2, 0.25) is 0 Å². The zero-order chi connectivity index (χ0) is 13.8. The molecule has 0 N–H and O–H groups in total. The Morgan fingerprint density at radius 2 is 2.26 bits per heavy atom. The molecular weight excluding hydrogens is 344 g/mol. The van der Waals surface area contributed by atoms with Gasteiger partial charge in [0.05, 0.1) is 11.0 Å². The van der Waals surface area contributed by atoms with E-state index in [-0.39, 0.29) is 0 Å². The highest BCUT2D eigenvalue weighted by atomic mass is 79.9. The number of hydrogen-bond acceptors (Lipinski definition) is 2. The van der Waals surface area contributed by atoms with Gasteiger partial charge in [0, 0.05) is 28.6 Å². The van der Waals surface area contributed by atoms with Crippen molar-refractivity contribution < 1.29 is 0 Å². The van der Waals surface area contributed by atoms with Gasteiger partial charge in [0.25, 0.3) is 0 Å². The zero-order valence-corrected chi connectivity index (χ0v) is 14.4. The molecule has 2 nitrogen and oxygen atoms in total. The molecule has 1 unspecified atom stereocenters. The molecule has 1 aromatic heterocycles. The summed E-state index contributed by atoms with van der Waals surface area (Å²) in [5.41, 5.74) is 2.26. The van der Waals surface area contributed by atoms with Gasteiger partial charge < -0.3 is 4.57 Å². The molecule has 0 fully saturated rings. The van der Waals surface area contributed by atoms with Crippen molar-refractivity contribution in [3.8, 4) is 0 Å². The number of rotatable bonds is 6. The van der Waals surface area contributed by atoms with Crippen LogP contribution in [0.3, 0.4) is 0 Å². The van der Waals surface area contributed by atoms with Gasteiger partial charge in [-0.25, -0.2) is 4.98 Å². The van der Waals surface area contributed by atoms with Crippen molar-refractivity contribution >= 4 is 50.3 Å². The Morgan fingerprint density at radius 3 is 2.89 bits per heavy atom. The number of aromatic nitrogens is 2. The zero-order valence-electron chi connectivity index (χ0n) is 11.2. The molecule has 2 rings (SSSR count). The minimum atomic E-state index is 0.479. The van der Waals surface area contributed by atoms with Gasteiger partial charge in [-0.2, -0.15) is 11.8 Å². The van der Waals surface area contributed by atoms with Gasteiger partial charge in [0.1, 0.15) is 5.82 Å². The average Bonchev–Trinajstić information content (AvgIpc) is 2.74. The van der Waals surface area contributed by atoms with Gasteiger partial charge in [-0.1, -0.05) is 22.9 Å². The van der Waals surface area contributed by atoms with E-state index in [2.05, 4.69) is 45.8 Å². The predicted octanol–water partition coefficient (Wildman–Crippen LogP) is 4.89. The number of benzene rings is 1. The van der Waals surface area contributed by atoms with Crippen LogP contribution >= 0.6 is 39.3 Å². The summed E-state index contributed by atoms with van der Waals surface area (Å²) in [6.07, 6.45) is 4.08. The summed E-state index contributed by atoms with van der Waals surface area (Å²) in [4.78, 5) is 4.74. The highest BCUT2D eigenvalue weighted by Crippen LogP contribution is 2.28. The molecule has 0 spiro atoms. The van der Waals surface area contributed by atoms with E-state index < -0.39 is 0 Å². The Bertz CT molecular complexity index is 556. The van der Waals surface area contributed by atoms with Gasteiger partial charge in [0.2, 0.25) is 0 Å². The van der Waals surface area contributed by atoms with E-state index >= 15 is 0 Å². The summed E-state index contributed by atoms with van der Waals surface area (Å²) in [5, 5.41) is 0. The van der Waals surface area contributed by atoms with Gasteiger partial charge in [-0.3, -0.25) is 0 Å². The maximum Gasteiger partial charge on any atom is 0.111 e. The van der Waals surface area contributed by atoms with Crippen LogP contribution in [0.25, 0.3) is 11.0 Å². The standard InChI is InChI=1S/C14H18BrClN2S/c1-3-11(9-19-2)18-13-8-10(15)4-5-12(13)17-14(18)6-7-16/h4-5,8,11H,3,6-7,9H2,1-2H3. The normalized spacial score (nSPS) is 13.1. The summed E-state index contributed by atoms with van der Waals surface area (Å²) >= 11 is 11.4. The van der Waals surface area contributed by atoms with Crippen molar-refractivity contribution in [1.82, 2.24) is 9.55 Å². The molecule has 0 aliphatic heterocycles. The number of imidazole rings is 1. The van der Waals surface area contributed by atoms with E-state index in [4.69, 9.17) is 16.6 Å². The van der Waals surface area contributed by atoms with Crippen LogP contribution < -0.4 is 0 Å². The van der Waals surface area contributed by atoms with Crippen LogP contribution in [0, 0.1) is 0 Å². The minimum Gasteiger partial charge on any atom is -0.324 e. The van der Waals surface area contributed by atoms with Gasteiger partial charge in [-0.15, -0.1) is 11.6 Å². The summed E-state index contributed by atoms with van der Waals surface area (Å²) in [6.45, 7) is 2.23. The van der Waals surface area contributed by atoms with Crippen LogP contribution in [0.5, 0.6) is 0 Å². The van der Waals surface area contributed by atoms with Crippen LogP contribution in [-0.4, -0.2) is 27.4 Å². The van der Waals surface area contributed by atoms with Gasteiger partial charge in [0.15, 0.2) is 0 Å². The van der Waals surface area contributed by atoms with Gasteiger partial charge >= 0.3 is 0 Å². The molecule has 1 aromatic carbocycles. The molecule has 1 atom stereocenters. The van der Waals surface area contributed by atoms with Crippen molar-refractivity contribution in [3.05, 3.63) is 28.5 Å². The number of nitrogens with zero attached hydrogens (tertiary/aromatic N) is 2.